The molecular formula is C23H21ClN2O7. The first-order chi connectivity index (χ1) is 15.8. The predicted octanol–water partition coefficient (Wildman–Crippen LogP) is 4.50. The van der Waals surface area contributed by atoms with Crippen molar-refractivity contribution in [2.75, 3.05) is 19.1 Å². The van der Waals surface area contributed by atoms with E-state index in [9.17, 15) is 24.8 Å². The minimum atomic E-state index is -0.613. The van der Waals surface area contributed by atoms with Gasteiger partial charge >= 0.3 is 0 Å². The van der Waals surface area contributed by atoms with Gasteiger partial charge in [-0.05, 0) is 42.7 Å². The number of ether oxygens (including phenoxy) is 2. The van der Waals surface area contributed by atoms with E-state index in [-0.39, 0.29) is 45.9 Å². The number of amides is 1. The molecule has 1 unspecified atom stereocenters. The van der Waals surface area contributed by atoms with Gasteiger partial charge in [0.15, 0.2) is 17.3 Å². The van der Waals surface area contributed by atoms with Crippen molar-refractivity contribution in [2.45, 2.75) is 31.6 Å². The van der Waals surface area contributed by atoms with Gasteiger partial charge in [-0.15, -0.1) is 0 Å². The summed E-state index contributed by atoms with van der Waals surface area (Å²) in [7, 11) is 2.78. The van der Waals surface area contributed by atoms with Crippen molar-refractivity contribution in [1.29, 1.82) is 0 Å². The molecule has 10 heteroatoms. The van der Waals surface area contributed by atoms with Crippen molar-refractivity contribution in [3.8, 4) is 17.2 Å². The molecule has 2 aliphatic rings. The number of allylic oxidation sites excluding steroid dienone is 2. The van der Waals surface area contributed by atoms with Gasteiger partial charge < -0.3 is 14.6 Å². The van der Waals surface area contributed by atoms with E-state index in [1.54, 1.807) is 12.1 Å². The number of hydrogen-bond acceptors (Lipinski definition) is 7. The summed E-state index contributed by atoms with van der Waals surface area (Å²) in [6, 6.07) is 7.14. The topological polar surface area (TPSA) is 119 Å². The van der Waals surface area contributed by atoms with Crippen molar-refractivity contribution < 1.29 is 29.1 Å². The molecule has 4 rings (SSSR count). The van der Waals surface area contributed by atoms with Crippen molar-refractivity contribution in [3.63, 3.8) is 0 Å². The number of halogens is 1. The Morgan fingerprint density at radius 2 is 1.79 bits per heavy atom. The summed E-state index contributed by atoms with van der Waals surface area (Å²) in [4.78, 5) is 38.8. The van der Waals surface area contributed by atoms with Crippen LogP contribution in [0, 0.1) is 10.1 Å². The number of carbonyl (C=O) groups excluding carboxylic acids is 2. The molecule has 0 bridgehead atoms. The highest BCUT2D eigenvalue weighted by Gasteiger charge is 2.42. The van der Waals surface area contributed by atoms with Crippen molar-refractivity contribution in [2.24, 2.45) is 0 Å². The maximum absolute atomic E-state index is 13.4. The number of Topliss-reactive ketones (excluding diaryl/α,β-unsaturated/α-hetero) is 1. The predicted molar refractivity (Wildman–Crippen MR) is 120 cm³/mol. The van der Waals surface area contributed by atoms with Crippen molar-refractivity contribution in [1.82, 2.24) is 0 Å². The van der Waals surface area contributed by atoms with Crippen LogP contribution >= 0.6 is 11.6 Å². The number of rotatable bonds is 5. The Labute approximate surface area is 194 Å². The monoisotopic (exact) mass is 472 g/mol. The molecule has 172 valence electrons. The van der Waals surface area contributed by atoms with Gasteiger partial charge in [-0.2, -0.15) is 0 Å². The fourth-order valence-electron chi connectivity index (χ4n) is 4.50. The number of nitro groups is 1. The molecule has 2 aromatic rings. The van der Waals surface area contributed by atoms with Crippen LogP contribution in [0.4, 0.5) is 11.4 Å². The summed E-state index contributed by atoms with van der Waals surface area (Å²) in [5, 5.41) is 22.2. The van der Waals surface area contributed by atoms with Crippen molar-refractivity contribution in [3.05, 3.63) is 62.3 Å². The second-order valence-electron chi connectivity index (χ2n) is 7.79. The summed E-state index contributed by atoms with van der Waals surface area (Å²) in [6.45, 7) is 0. The van der Waals surface area contributed by atoms with Crippen LogP contribution in [0.2, 0.25) is 5.02 Å². The minimum Gasteiger partial charge on any atom is -0.502 e. The van der Waals surface area contributed by atoms with E-state index in [1.807, 2.05) is 0 Å². The summed E-state index contributed by atoms with van der Waals surface area (Å²) in [5.41, 5.74) is 1.19. The molecule has 0 radical (unpaired) electrons. The highest BCUT2D eigenvalue weighted by molar-refractivity contribution is 6.31. The third-order valence-corrected chi connectivity index (χ3v) is 6.19. The second kappa shape index (κ2) is 8.74. The normalized spacial score (nSPS) is 18.3. The smallest absolute Gasteiger partial charge is 0.293 e. The van der Waals surface area contributed by atoms with E-state index in [1.165, 1.54) is 37.3 Å². The number of carbonyl (C=O) groups is 2. The van der Waals surface area contributed by atoms with E-state index in [4.69, 9.17) is 21.1 Å². The molecule has 2 aromatic carbocycles. The Morgan fingerprint density at radius 3 is 2.39 bits per heavy atom. The van der Waals surface area contributed by atoms with Crippen molar-refractivity contribution >= 4 is 34.7 Å². The number of anilines is 1. The number of hydrogen-bond donors (Lipinski definition) is 1. The number of nitrogens with zero attached hydrogens (tertiary/aromatic N) is 2. The minimum absolute atomic E-state index is 0.0408. The van der Waals surface area contributed by atoms with Crippen LogP contribution in [-0.2, 0) is 9.59 Å². The number of phenols is 1. The van der Waals surface area contributed by atoms with Crippen LogP contribution in [0.3, 0.4) is 0 Å². The van der Waals surface area contributed by atoms with Crippen LogP contribution in [0.1, 0.15) is 37.2 Å². The third-order valence-electron chi connectivity index (χ3n) is 5.95. The van der Waals surface area contributed by atoms with Crippen LogP contribution in [0.15, 0.2) is 41.6 Å². The molecular weight excluding hydrogens is 452 g/mol. The average Bonchev–Trinajstić information content (AvgIpc) is 2.78. The quantitative estimate of drug-likeness (QED) is 0.502. The molecule has 1 atom stereocenters. The zero-order valence-electron chi connectivity index (χ0n) is 18.0. The Morgan fingerprint density at radius 1 is 1.12 bits per heavy atom. The molecule has 0 fully saturated rings. The first kappa shape index (κ1) is 22.6. The lowest BCUT2D eigenvalue weighted by Gasteiger charge is -2.38. The number of nitro benzene ring substituents is 1. The zero-order chi connectivity index (χ0) is 23.9. The number of methoxy groups -OCH3 is 2. The summed E-state index contributed by atoms with van der Waals surface area (Å²) >= 11 is 6.10. The van der Waals surface area contributed by atoms with Crippen LogP contribution < -0.4 is 14.4 Å². The van der Waals surface area contributed by atoms with E-state index in [0.717, 1.165) is 0 Å². The Balaban J connectivity index is 1.93. The van der Waals surface area contributed by atoms with Gasteiger partial charge in [-0.1, -0.05) is 11.6 Å². The fourth-order valence-corrected chi connectivity index (χ4v) is 4.67. The highest BCUT2D eigenvalue weighted by Crippen LogP contribution is 2.48. The zero-order valence-corrected chi connectivity index (χ0v) is 18.7. The molecule has 1 N–H and O–H groups in total. The fraction of sp³-hybridized carbons (Fsp3) is 0.304. The lowest BCUT2D eigenvalue weighted by molar-refractivity contribution is -0.384. The number of phenolic OH excluding ortho intramolecular Hbond substituents is 1. The molecule has 1 aliphatic carbocycles. The van der Waals surface area contributed by atoms with Gasteiger partial charge in [0.25, 0.3) is 5.69 Å². The highest BCUT2D eigenvalue weighted by atomic mass is 35.5. The molecule has 0 aromatic heterocycles. The molecule has 1 heterocycles. The number of aromatic hydroxyl groups is 1. The van der Waals surface area contributed by atoms with Crippen LogP contribution in [-0.4, -0.2) is 35.9 Å². The number of ketones is 1. The van der Waals surface area contributed by atoms with Gasteiger partial charge in [0, 0.05) is 41.1 Å². The van der Waals surface area contributed by atoms with Gasteiger partial charge in [-0.3, -0.25) is 24.6 Å². The third kappa shape index (κ3) is 3.89. The second-order valence-corrected chi connectivity index (χ2v) is 8.22. The Kier molecular flexibility index (Phi) is 5.99. The van der Waals surface area contributed by atoms with E-state index in [0.29, 0.717) is 36.1 Å². The van der Waals surface area contributed by atoms with E-state index >= 15 is 0 Å². The van der Waals surface area contributed by atoms with E-state index < -0.39 is 16.7 Å². The maximum atomic E-state index is 13.4. The molecule has 0 spiro atoms. The van der Waals surface area contributed by atoms with Crippen LogP contribution in [0.25, 0.3) is 0 Å². The average molecular weight is 473 g/mol. The van der Waals surface area contributed by atoms with Gasteiger partial charge in [0.1, 0.15) is 5.69 Å². The first-order valence-electron chi connectivity index (χ1n) is 10.2. The number of benzene rings is 2. The molecule has 33 heavy (non-hydrogen) atoms. The molecule has 1 amide bonds. The largest absolute Gasteiger partial charge is 0.502 e. The summed E-state index contributed by atoms with van der Waals surface area (Å²) in [6.07, 6.45) is 1.12. The standard InChI is InChI=1S/C23H21ClN2O7/c1-32-19-8-12(9-20(33-2)23(19)29)14-11-21(28)25(16-4-3-5-18(27)22(14)16)17-10-13(24)6-7-15(17)26(30)31/h6-10,14,29H,3-5,11H2,1-2H3. The Bertz CT molecular complexity index is 1180. The Hall–Kier alpha value is -3.59. The van der Waals surface area contributed by atoms with Gasteiger partial charge in [0.2, 0.25) is 11.7 Å². The lowest BCUT2D eigenvalue weighted by Crippen LogP contribution is -2.40. The van der Waals surface area contributed by atoms with Crippen LogP contribution in [0.5, 0.6) is 17.2 Å². The maximum Gasteiger partial charge on any atom is 0.293 e. The van der Waals surface area contributed by atoms with E-state index in [2.05, 4.69) is 0 Å². The SMILES string of the molecule is COc1cc(C2CC(=O)N(c3cc(Cl)ccc3[N+](=O)[O-])C3=C2C(=O)CCC3)cc(OC)c1O. The van der Waals surface area contributed by atoms with Gasteiger partial charge in [0.05, 0.1) is 19.1 Å². The molecule has 1 aliphatic heterocycles. The summed E-state index contributed by atoms with van der Waals surface area (Å²) < 4.78 is 10.5. The van der Waals surface area contributed by atoms with Gasteiger partial charge in [-0.25, -0.2) is 0 Å². The summed E-state index contributed by atoms with van der Waals surface area (Å²) in [5.74, 6) is -1.03. The lowest BCUT2D eigenvalue weighted by atomic mass is 9.77. The molecule has 0 saturated carbocycles. The molecule has 9 nitrogen and oxygen atoms in total. The first-order valence-corrected chi connectivity index (χ1v) is 10.6. The molecule has 0 saturated heterocycles.